The zero-order chi connectivity index (χ0) is 20.2. The highest BCUT2D eigenvalue weighted by Gasteiger charge is 2.26. The van der Waals surface area contributed by atoms with Gasteiger partial charge in [0.1, 0.15) is 5.82 Å². The van der Waals surface area contributed by atoms with E-state index < -0.39 is 0 Å². The second-order valence-corrected chi connectivity index (χ2v) is 7.96. The molecule has 6 nitrogen and oxygen atoms in total. The fourth-order valence-electron chi connectivity index (χ4n) is 3.63. The van der Waals surface area contributed by atoms with Crippen molar-refractivity contribution in [3.8, 4) is 0 Å². The highest BCUT2D eigenvalue weighted by Crippen LogP contribution is 2.31. The number of esters is 1. The highest BCUT2D eigenvalue weighted by molar-refractivity contribution is 7.17. The van der Waals surface area contributed by atoms with Crippen LogP contribution in [0, 0.1) is 5.92 Å². The van der Waals surface area contributed by atoms with Gasteiger partial charge in [0.2, 0.25) is 5.91 Å². The van der Waals surface area contributed by atoms with Gasteiger partial charge in [-0.25, -0.2) is 9.78 Å². The maximum absolute atomic E-state index is 12.7. The van der Waals surface area contributed by atoms with E-state index in [0.717, 1.165) is 31.7 Å². The first-order valence-corrected chi connectivity index (χ1v) is 10.7. The normalized spacial score (nSPS) is 14.7. The van der Waals surface area contributed by atoms with Crippen molar-refractivity contribution in [1.29, 1.82) is 0 Å². The number of nitrogens with one attached hydrogen (secondary N) is 1. The van der Waals surface area contributed by atoms with E-state index in [2.05, 4.69) is 26.6 Å². The molecule has 29 heavy (non-hydrogen) atoms. The minimum absolute atomic E-state index is 0.0234. The molecule has 0 unspecified atom stereocenters. The van der Waals surface area contributed by atoms with E-state index in [1.54, 1.807) is 42.5 Å². The summed E-state index contributed by atoms with van der Waals surface area (Å²) < 4.78 is 6.21. The molecule has 3 heterocycles. The van der Waals surface area contributed by atoms with E-state index in [4.69, 9.17) is 4.74 Å². The van der Waals surface area contributed by atoms with Gasteiger partial charge in [-0.2, -0.15) is 0 Å². The lowest BCUT2D eigenvalue weighted by Crippen LogP contribution is -2.38. The van der Waals surface area contributed by atoms with Crippen LogP contribution in [-0.4, -0.2) is 36.6 Å². The van der Waals surface area contributed by atoms with Crippen LogP contribution in [0.1, 0.15) is 30.1 Å². The van der Waals surface area contributed by atoms with Crippen molar-refractivity contribution >= 4 is 44.8 Å². The summed E-state index contributed by atoms with van der Waals surface area (Å²) in [4.78, 5) is 31.2. The van der Waals surface area contributed by atoms with E-state index in [-0.39, 0.29) is 17.8 Å². The predicted octanol–water partition coefficient (Wildman–Crippen LogP) is 4.33. The zero-order valence-corrected chi connectivity index (χ0v) is 17.1. The molecule has 3 aromatic rings. The molecular formula is C22H23N3O3S. The lowest BCUT2D eigenvalue weighted by Gasteiger charge is -2.32. The van der Waals surface area contributed by atoms with Gasteiger partial charge < -0.3 is 15.0 Å². The van der Waals surface area contributed by atoms with Gasteiger partial charge in [-0.3, -0.25) is 4.79 Å². The maximum Gasteiger partial charge on any atom is 0.338 e. The van der Waals surface area contributed by atoms with E-state index >= 15 is 0 Å². The SMILES string of the molecule is CCOC(=O)c1ccc(NC(=O)C2CCN(c3nccc4sccc34)CC2)cc1. The van der Waals surface area contributed by atoms with Crippen molar-refractivity contribution in [3.63, 3.8) is 0 Å². The van der Waals surface area contributed by atoms with E-state index in [1.807, 2.05) is 12.3 Å². The topological polar surface area (TPSA) is 71.5 Å². The van der Waals surface area contributed by atoms with Crippen LogP contribution in [0.4, 0.5) is 11.5 Å². The first-order valence-electron chi connectivity index (χ1n) is 9.81. The van der Waals surface area contributed by atoms with Crippen LogP contribution in [0.5, 0.6) is 0 Å². The number of rotatable bonds is 5. The third-order valence-electron chi connectivity index (χ3n) is 5.19. The van der Waals surface area contributed by atoms with Crippen LogP contribution in [0.25, 0.3) is 10.1 Å². The number of thiophene rings is 1. The maximum atomic E-state index is 12.7. The molecule has 0 aliphatic carbocycles. The number of aromatic nitrogens is 1. The van der Waals surface area contributed by atoms with Crippen LogP contribution in [-0.2, 0) is 9.53 Å². The highest BCUT2D eigenvalue weighted by atomic mass is 32.1. The second kappa shape index (κ2) is 8.61. The molecule has 1 aliphatic heterocycles. The number of pyridine rings is 1. The number of anilines is 2. The number of fused-ring (bicyclic) bond motifs is 1. The summed E-state index contributed by atoms with van der Waals surface area (Å²) in [6.45, 7) is 3.73. The molecule has 1 aromatic carbocycles. The molecule has 1 fully saturated rings. The van der Waals surface area contributed by atoms with Crippen LogP contribution in [0.2, 0.25) is 0 Å². The average molecular weight is 410 g/mol. The van der Waals surface area contributed by atoms with E-state index in [9.17, 15) is 9.59 Å². The lowest BCUT2D eigenvalue weighted by atomic mass is 9.95. The minimum Gasteiger partial charge on any atom is -0.462 e. The molecule has 1 N–H and O–H groups in total. The Kier molecular flexibility index (Phi) is 5.76. The Hall–Kier alpha value is -2.93. The summed E-state index contributed by atoms with van der Waals surface area (Å²) in [6, 6.07) is 11.0. The Morgan fingerprint density at radius 1 is 1.17 bits per heavy atom. The number of nitrogens with zero attached hydrogens (tertiary/aromatic N) is 2. The summed E-state index contributed by atoms with van der Waals surface area (Å²) in [6.07, 6.45) is 3.43. The molecule has 0 bridgehead atoms. The molecule has 1 aliphatic rings. The second-order valence-electron chi connectivity index (χ2n) is 7.02. The van der Waals surface area contributed by atoms with Gasteiger partial charge in [-0.05, 0) is 61.5 Å². The first-order chi connectivity index (χ1) is 14.2. The molecule has 1 saturated heterocycles. The Bertz CT molecular complexity index is 1010. The Morgan fingerprint density at radius 3 is 2.66 bits per heavy atom. The predicted molar refractivity (Wildman–Crippen MR) is 116 cm³/mol. The fourth-order valence-corrected chi connectivity index (χ4v) is 4.41. The average Bonchev–Trinajstić information content (AvgIpc) is 3.23. The van der Waals surface area contributed by atoms with Crippen molar-refractivity contribution in [2.45, 2.75) is 19.8 Å². The quantitative estimate of drug-likeness (QED) is 0.635. The molecule has 0 atom stereocenters. The van der Waals surface area contributed by atoms with Gasteiger partial charge in [0.05, 0.1) is 12.2 Å². The van der Waals surface area contributed by atoms with Gasteiger partial charge in [-0.15, -0.1) is 11.3 Å². The summed E-state index contributed by atoms with van der Waals surface area (Å²) >= 11 is 1.72. The molecule has 4 rings (SSSR count). The number of piperidine rings is 1. The fraction of sp³-hybridized carbons (Fsp3) is 0.318. The Labute approximate surface area is 173 Å². The third kappa shape index (κ3) is 4.24. The van der Waals surface area contributed by atoms with Gasteiger partial charge in [0, 0.05) is 41.0 Å². The van der Waals surface area contributed by atoms with Gasteiger partial charge in [0.25, 0.3) is 0 Å². The molecule has 150 valence electrons. The van der Waals surface area contributed by atoms with Crippen LogP contribution in [0.15, 0.2) is 48.0 Å². The number of benzene rings is 1. The summed E-state index contributed by atoms with van der Waals surface area (Å²) in [5.74, 6) is 0.650. The number of ether oxygens (including phenoxy) is 1. The van der Waals surface area contributed by atoms with Crippen LogP contribution >= 0.6 is 11.3 Å². The van der Waals surface area contributed by atoms with Crippen LogP contribution < -0.4 is 10.2 Å². The van der Waals surface area contributed by atoms with Gasteiger partial charge in [0.15, 0.2) is 0 Å². The number of amides is 1. The Balaban J connectivity index is 1.34. The number of carbonyl (C=O) groups excluding carboxylic acids is 2. The third-order valence-corrected chi connectivity index (χ3v) is 6.07. The standard InChI is InChI=1S/C22H23N3O3S/c1-2-28-22(27)16-3-5-17(6-4-16)24-21(26)15-8-12-25(13-9-15)20-18-10-14-29-19(18)7-11-23-20/h3-7,10-11,14-15H,2,8-9,12-13H2,1H3,(H,24,26). The summed E-state index contributed by atoms with van der Waals surface area (Å²) in [7, 11) is 0. The summed E-state index contributed by atoms with van der Waals surface area (Å²) in [5.41, 5.74) is 1.17. The smallest absolute Gasteiger partial charge is 0.338 e. The first kappa shape index (κ1) is 19.4. The van der Waals surface area contributed by atoms with Gasteiger partial charge in [-0.1, -0.05) is 0 Å². The molecule has 2 aromatic heterocycles. The van der Waals surface area contributed by atoms with Crippen molar-refractivity contribution in [3.05, 3.63) is 53.5 Å². The molecule has 0 spiro atoms. The van der Waals surface area contributed by atoms with Crippen molar-refractivity contribution < 1.29 is 14.3 Å². The molecule has 1 amide bonds. The largest absolute Gasteiger partial charge is 0.462 e. The van der Waals surface area contributed by atoms with E-state index in [0.29, 0.717) is 17.9 Å². The number of hydrogen-bond donors (Lipinski definition) is 1. The van der Waals surface area contributed by atoms with Crippen molar-refractivity contribution in [2.75, 3.05) is 29.9 Å². The number of hydrogen-bond acceptors (Lipinski definition) is 6. The van der Waals surface area contributed by atoms with Crippen molar-refractivity contribution in [2.24, 2.45) is 5.92 Å². The van der Waals surface area contributed by atoms with Gasteiger partial charge >= 0.3 is 5.97 Å². The lowest BCUT2D eigenvalue weighted by molar-refractivity contribution is -0.120. The minimum atomic E-state index is -0.355. The van der Waals surface area contributed by atoms with Crippen molar-refractivity contribution in [1.82, 2.24) is 4.98 Å². The van der Waals surface area contributed by atoms with E-state index in [1.165, 1.54) is 10.1 Å². The monoisotopic (exact) mass is 409 g/mol. The zero-order valence-electron chi connectivity index (χ0n) is 16.3. The molecule has 0 radical (unpaired) electrons. The molecule has 7 heteroatoms. The summed E-state index contributed by atoms with van der Waals surface area (Å²) in [5, 5.41) is 6.24. The number of carbonyl (C=O) groups is 2. The molecular weight excluding hydrogens is 386 g/mol. The van der Waals surface area contributed by atoms with Crippen LogP contribution in [0.3, 0.4) is 0 Å². The Morgan fingerprint density at radius 2 is 1.93 bits per heavy atom. The molecule has 0 saturated carbocycles.